The summed E-state index contributed by atoms with van der Waals surface area (Å²) in [6.45, 7) is 13.8. The third-order valence-electron chi connectivity index (χ3n) is 8.86. The molecule has 0 saturated heterocycles. The summed E-state index contributed by atoms with van der Waals surface area (Å²) in [7, 11) is 0. The number of fused-ring (bicyclic) bond motifs is 6. The average molecular weight is 577 g/mol. The summed E-state index contributed by atoms with van der Waals surface area (Å²) in [6.07, 6.45) is 8.75. The zero-order valence-corrected chi connectivity index (χ0v) is 26.4. The predicted molar refractivity (Wildman–Crippen MR) is 184 cm³/mol. The van der Waals surface area contributed by atoms with E-state index in [1.807, 2.05) is 0 Å². The molecular formula is C40H40N4. The van der Waals surface area contributed by atoms with E-state index in [4.69, 9.17) is 9.98 Å². The number of nitrogens with one attached hydrogen (secondary N) is 2. The summed E-state index contributed by atoms with van der Waals surface area (Å²) in [5.74, 6) is 0.138. The number of hydrogen-bond donors (Lipinski definition) is 2. The number of nitrogens with zero attached hydrogens (tertiary/aromatic N) is 2. The van der Waals surface area contributed by atoms with Gasteiger partial charge in [0.15, 0.2) is 0 Å². The van der Waals surface area contributed by atoms with Crippen molar-refractivity contribution in [1.29, 1.82) is 0 Å². The van der Waals surface area contributed by atoms with Gasteiger partial charge in [-0.15, -0.1) is 0 Å². The number of H-pyrrole nitrogens is 2. The lowest BCUT2D eigenvalue weighted by atomic mass is 9.75. The lowest BCUT2D eigenvalue weighted by molar-refractivity contribution is 0.349. The van der Waals surface area contributed by atoms with Gasteiger partial charge in [-0.05, 0) is 70.5 Å². The highest BCUT2D eigenvalue weighted by molar-refractivity contribution is 6.20. The van der Waals surface area contributed by atoms with Gasteiger partial charge in [0.2, 0.25) is 0 Å². The number of aliphatic imine (C=N–C) groups is 2. The van der Waals surface area contributed by atoms with E-state index in [2.05, 4.69) is 161 Å². The van der Waals surface area contributed by atoms with Crippen LogP contribution in [0, 0.1) is 16.7 Å². The lowest BCUT2D eigenvalue weighted by Crippen LogP contribution is -2.33. The van der Waals surface area contributed by atoms with Crippen molar-refractivity contribution in [3.63, 3.8) is 0 Å². The summed E-state index contributed by atoms with van der Waals surface area (Å²) in [6, 6.07) is 30.2. The molecule has 0 fully saturated rings. The van der Waals surface area contributed by atoms with Crippen LogP contribution in [-0.4, -0.2) is 21.4 Å². The fourth-order valence-electron chi connectivity index (χ4n) is 7.04. The van der Waals surface area contributed by atoms with Crippen LogP contribution in [0.3, 0.4) is 0 Å². The molecule has 3 aliphatic heterocycles. The smallest absolute Gasteiger partial charge is 0.0733 e. The molecule has 3 aliphatic rings. The molecular weight excluding hydrogens is 536 g/mol. The molecule has 2 aromatic heterocycles. The fraction of sp³-hybridized carbons (Fsp3) is 0.250. The molecule has 0 atom stereocenters. The van der Waals surface area contributed by atoms with E-state index in [1.165, 1.54) is 11.4 Å². The molecule has 8 bridgehead atoms. The first-order chi connectivity index (χ1) is 21.1. The zero-order chi connectivity index (χ0) is 30.6. The van der Waals surface area contributed by atoms with Gasteiger partial charge in [0.25, 0.3) is 0 Å². The first-order valence-corrected chi connectivity index (χ1v) is 15.6. The predicted octanol–water partition coefficient (Wildman–Crippen LogP) is 9.74. The second kappa shape index (κ2) is 10.5. The Kier molecular flexibility index (Phi) is 6.69. The zero-order valence-electron chi connectivity index (χ0n) is 26.4. The van der Waals surface area contributed by atoms with E-state index in [9.17, 15) is 0 Å². The third-order valence-corrected chi connectivity index (χ3v) is 8.86. The maximum atomic E-state index is 5.36. The lowest BCUT2D eigenvalue weighted by Gasteiger charge is -2.30. The molecule has 0 amide bonds. The van der Waals surface area contributed by atoms with E-state index in [0.29, 0.717) is 0 Å². The van der Waals surface area contributed by atoms with Gasteiger partial charge in [0, 0.05) is 45.8 Å². The van der Waals surface area contributed by atoms with Crippen molar-refractivity contribution < 1.29 is 0 Å². The van der Waals surface area contributed by atoms with Crippen molar-refractivity contribution in [2.24, 2.45) is 26.7 Å². The van der Waals surface area contributed by atoms with Crippen molar-refractivity contribution >= 4 is 22.6 Å². The van der Waals surface area contributed by atoms with Gasteiger partial charge in [-0.2, -0.15) is 0 Å². The highest BCUT2D eigenvalue weighted by Gasteiger charge is 2.36. The van der Waals surface area contributed by atoms with E-state index < -0.39 is 0 Å². The van der Waals surface area contributed by atoms with Crippen LogP contribution < -0.4 is 0 Å². The minimum Gasteiger partial charge on any atom is -0.358 e. The maximum absolute atomic E-state index is 5.36. The standard InChI is InChI=1S/C40H40N4/c1-39(2,3)37-31-21-17-27(41-31)35(25-13-9-7-10-14-25)29-19-23-33(43-29)38(40(4,5)6)34-24-20-30(44-34)36(26-15-11-8-12-16-26)28-18-22-32(37)42-28/h7-24,37-38,41-42H,1-6H3/b35-29-,36-30-. The number of allylic oxidation sites excluding steroid dienone is 4. The quantitative estimate of drug-likeness (QED) is 0.239. The van der Waals surface area contributed by atoms with Gasteiger partial charge >= 0.3 is 0 Å². The molecule has 4 heteroatoms. The molecule has 4 nitrogen and oxygen atoms in total. The molecule has 0 radical (unpaired) electrons. The molecule has 7 rings (SSSR count). The largest absolute Gasteiger partial charge is 0.358 e. The van der Waals surface area contributed by atoms with E-state index in [0.717, 1.165) is 56.5 Å². The van der Waals surface area contributed by atoms with Crippen molar-refractivity contribution in [3.05, 3.63) is 155 Å². The molecule has 2 aromatic carbocycles. The summed E-state index contributed by atoms with van der Waals surface area (Å²) >= 11 is 0. The summed E-state index contributed by atoms with van der Waals surface area (Å²) < 4.78 is 0. The SMILES string of the molecule is CC(C)(C)C1C2=N/C(=C(/c3ccccc3)c3ccc([nH]3)C(C(C)(C)C)c3ccc([nH]3)/C(c3ccccc3)=C3/C=CC1=N3)C=C2. The Morgan fingerprint density at radius 3 is 1.27 bits per heavy atom. The Hall–Kier alpha value is -4.70. The van der Waals surface area contributed by atoms with Gasteiger partial charge in [-0.3, -0.25) is 9.98 Å². The average Bonchev–Trinajstić information content (AvgIpc) is 3.79. The third kappa shape index (κ3) is 4.98. The number of aromatic nitrogens is 2. The van der Waals surface area contributed by atoms with E-state index in [1.54, 1.807) is 0 Å². The number of aromatic amines is 2. The van der Waals surface area contributed by atoms with Gasteiger partial charge in [-0.25, -0.2) is 0 Å². The molecule has 0 saturated carbocycles. The molecule has 44 heavy (non-hydrogen) atoms. The van der Waals surface area contributed by atoms with Gasteiger partial charge in [-0.1, -0.05) is 102 Å². The normalized spacial score (nSPS) is 23.2. The van der Waals surface area contributed by atoms with Crippen LogP contribution in [-0.2, 0) is 0 Å². The molecule has 2 N–H and O–H groups in total. The number of benzene rings is 2. The molecule has 4 aromatic rings. The summed E-state index contributed by atoms with van der Waals surface area (Å²) in [5.41, 5.74) is 12.9. The Bertz CT molecular complexity index is 1780. The number of hydrogen-bond acceptors (Lipinski definition) is 2. The van der Waals surface area contributed by atoms with Crippen LogP contribution >= 0.6 is 0 Å². The van der Waals surface area contributed by atoms with Crippen molar-refractivity contribution in [3.8, 4) is 0 Å². The van der Waals surface area contributed by atoms with E-state index in [-0.39, 0.29) is 22.7 Å². The van der Waals surface area contributed by atoms with Crippen LogP contribution in [0.25, 0.3) is 11.1 Å². The van der Waals surface area contributed by atoms with Crippen molar-refractivity contribution in [2.45, 2.75) is 47.5 Å². The van der Waals surface area contributed by atoms with Gasteiger partial charge in [0.1, 0.15) is 0 Å². The second-order valence-electron chi connectivity index (χ2n) is 14.2. The molecule has 220 valence electrons. The molecule has 0 spiro atoms. The highest BCUT2D eigenvalue weighted by Crippen LogP contribution is 2.43. The fourth-order valence-corrected chi connectivity index (χ4v) is 7.04. The Morgan fingerprint density at radius 1 is 0.477 bits per heavy atom. The highest BCUT2D eigenvalue weighted by atomic mass is 14.9. The first kappa shape index (κ1) is 28.1. The van der Waals surface area contributed by atoms with Crippen LogP contribution in [0.2, 0.25) is 0 Å². The van der Waals surface area contributed by atoms with Crippen LogP contribution in [0.15, 0.2) is 131 Å². The van der Waals surface area contributed by atoms with Crippen molar-refractivity contribution in [1.82, 2.24) is 9.97 Å². The second-order valence-corrected chi connectivity index (χ2v) is 14.2. The van der Waals surface area contributed by atoms with Crippen LogP contribution in [0.5, 0.6) is 0 Å². The summed E-state index contributed by atoms with van der Waals surface area (Å²) in [5, 5.41) is 0. The van der Waals surface area contributed by atoms with Crippen LogP contribution in [0.4, 0.5) is 0 Å². The topological polar surface area (TPSA) is 56.3 Å². The molecule has 5 heterocycles. The Morgan fingerprint density at radius 2 is 0.886 bits per heavy atom. The van der Waals surface area contributed by atoms with Gasteiger partial charge in [0.05, 0.1) is 22.8 Å². The summed E-state index contributed by atoms with van der Waals surface area (Å²) in [4.78, 5) is 18.5. The minimum atomic E-state index is -0.0956. The first-order valence-electron chi connectivity index (χ1n) is 15.6. The monoisotopic (exact) mass is 576 g/mol. The molecule has 0 aliphatic carbocycles. The van der Waals surface area contributed by atoms with Crippen LogP contribution in [0.1, 0.15) is 81.4 Å². The Balaban J connectivity index is 1.53. The molecule has 0 unspecified atom stereocenters. The number of rotatable bonds is 2. The minimum absolute atomic E-state index is 0.0237. The van der Waals surface area contributed by atoms with E-state index >= 15 is 0 Å². The maximum Gasteiger partial charge on any atom is 0.0733 e. The Labute approximate surface area is 260 Å². The van der Waals surface area contributed by atoms with Gasteiger partial charge < -0.3 is 9.97 Å². The van der Waals surface area contributed by atoms with Crippen molar-refractivity contribution in [2.75, 3.05) is 0 Å².